The summed E-state index contributed by atoms with van der Waals surface area (Å²) in [6.07, 6.45) is 2.16. The standard InChI is InChI=1S/C22H26N6O3/c1-14-11-26-21(24-9-8-16-4-3-5-18(29)10-16)22(31)28(14)13-20(30)25-12-17-6-7-19(23)27-15(17)2/h3-7,10-11,29H,8-9,12-13H2,1-2H3,(H2,23,27)(H,24,26)(H,25,30). The van der Waals surface area contributed by atoms with Crippen LogP contribution in [0.1, 0.15) is 22.5 Å². The van der Waals surface area contributed by atoms with Crippen LogP contribution in [0, 0.1) is 13.8 Å². The normalized spacial score (nSPS) is 10.6. The molecule has 31 heavy (non-hydrogen) atoms. The van der Waals surface area contributed by atoms with Crippen molar-refractivity contribution in [2.75, 3.05) is 17.6 Å². The van der Waals surface area contributed by atoms with E-state index in [2.05, 4.69) is 20.6 Å². The second-order valence-corrected chi connectivity index (χ2v) is 7.24. The topological polar surface area (TPSA) is 135 Å². The zero-order valence-electron chi connectivity index (χ0n) is 17.6. The van der Waals surface area contributed by atoms with Crippen molar-refractivity contribution in [1.82, 2.24) is 19.9 Å². The van der Waals surface area contributed by atoms with Gasteiger partial charge in [-0.25, -0.2) is 9.97 Å². The number of anilines is 2. The van der Waals surface area contributed by atoms with E-state index >= 15 is 0 Å². The van der Waals surface area contributed by atoms with E-state index in [0.717, 1.165) is 16.8 Å². The maximum Gasteiger partial charge on any atom is 0.293 e. The molecule has 1 amide bonds. The molecule has 162 valence electrons. The molecule has 0 saturated carbocycles. The molecule has 0 radical (unpaired) electrons. The Kier molecular flexibility index (Phi) is 6.86. The molecule has 0 bridgehead atoms. The van der Waals surface area contributed by atoms with E-state index in [-0.39, 0.29) is 29.6 Å². The first-order valence-electron chi connectivity index (χ1n) is 9.90. The Hall–Kier alpha value is -3.88. The summed E-state index contributed by atoms with van der Waals surface area (Å²) in [4.78, 5) is 33.5. The summed E-state index contributed by atoms with van der Waals surface area (Å²) in [6, 6.07) is 10.4. The average Bonchev–Trinajstić information content (AvgIpc) is 2.72. The lowest BCUT2D eigenvalue weighted by molar-refractivity contribution is -0.121. The molecule has 2 heterocycles. The highest BCUT2D eigenvalue weighted by Gasteiger charge is 2.12. The lowest BCUT2D eigenvalue weighted by atomic mass is 10.1. The zero-order chi connectivity index (χ0) is 22.4. The molecule has 0 fully saturated rings. The molecule has 0 aliphatic heterocycles. The molecule has 9 heteroatoms. The number of carbonyl (C=O) groups excluding carboxylic acids is 1. The van der Waals surface area contributed by atoms with Crippen LogP contribution in [0.25, 0.3) is 0 Å². The van der Waals surface area contributed by atoms with Crippen LogP contribution < -0.4 is 21.9 Å². The number of phenolic OH excluding ortho intramolecular Hbond substituents is 1. The van der Waals surface area contributed by atoms with Crippen LogP contribution in [0.2, 0.25) is 0 Å². The minimum atomic E-state index is -0.364. The Morgan fingerprint density at radius 2 is 2.03 bits per heavy atom. The van der Waals surface area contributed by atoms with Gasteiger partial charge in [0.2, 0.25) is 5.91 Å². The molecular formula is C22H26N6O3. The molecule has 0 saturated heterocycles. The first-order valence-corrected chi connectivity index (χ1v) is 9.90. The molecule has 3 aromatic rings. The first-order chi connectivity index (χ1) is 14.8. The fourth-order valence-electron chi connectivity index (χ4n) is 3.12. The van der Waals surface area contributed by atoms with Crippen molar-refractivity contribution in [2.24, 2.45) is 0 Å². The Morgan fingerprint density at radius 3 is 2.77 bits per heavy atom. The summed E-state index contributed by atoms with van der Waals surface area (Å²) in [5, 5.41) is 15.4. The number of hydrogen-bond donors (Lipinski definition) is 4. The molecule has 9 nitrogen and oxygen atoms in total. The van der Waals surface area contributed by atoms with Crippen LogP contribution in [-0.4, -0.2) is 32.1 Å². The van der Waals surface area contributed by atoms with Crippen molar-refractivity contribution in [3.05, 3.63) is 75.5 Å². The molecule has 0 unspecified atom stereocenters. The second kappa shape index (κ2) is 9.75. The fraction of sp³-hybridized carbons (Fsp3) is 0.273. The molecule has 0 atom stereocenters. The van der Waals surface area contributed by atoms with Crippen LogP contribution in [-0.2, 0) is 24.3 Å². The van der Waals surface area contributed by atoms with E-state index in [9.17, 15) is 14.7 Å². The predicted molar refractivity (Wildman–Crippen MR) is 119 cm³/mol. The van der Waals surface area contributed by atoms with E-state index in [1.807, 2.05) is 19.1 Å². The smallest absolute Gasteiger partial charge is 0.293 e. The molecule has 3 rings (SSSR count). The van der Waals surface area contributed by atoms with Crippen molar-refractivity contribution in [3.63, 3.8) is 0 Å². The van der Waals surface area contributed by atoms with Crippen molar-refractivity contribution in [2.45, 2.75) is 33.4 Å². The highest BCUT2D eigenvalue weighted by atomic mass is 16.3. The number of carbonyl (C=O) groups is 1. The van der Waals surface area contributed by atoms with Gasteiger partial charge in [-0.3, -0.25) is 14.2 Å². The maximum atomic E-state index is 12.8. The van der Waals surface area contributed by atoms with Gasteiger partial charge in [-0.1, -0.05) is 18.2 Å². The minimum absolute atomic E-state index is 0.115. The van der Waals surface area contributed by atoms with Crippen molar-refractivity contribution in [1.29, 1.82) is 0 Å². The molecule has 2 aromatic heterocycles. The lowest BCUT2D eigenvalue weighted by Gasteiger charge is -2.13. The molecule has 5 N–H and O–H groups in total. The van der Waals surface area contributed by atoms with Crippen LogP contribution >= 0.6 is 0 Å². The van der Waals surface area contributed by atoms with Gasteiger partial charge in [0.25, 0.3) is 5.56 Å². The molecular weight excluding hydrogens is 396 g/mol. The van der Waals surface area contributed by atoms with Crippen LogP contribution in [0.5, 0.6) is 5.75 Å². The Morgan fingerprint density at radius 1 is 1.23 bits per heavy atom. The number of rotatable bonds is 8. The van der Waals surface area contributed by atoms with Gasteiger partial charge in [-0.15, -0.1) is 0 Å². The van der Waals surface area contributed by atoms with E-state index in [0.29, 0.717) is 31.0 Å². The van der Waals surface area contributed by atoms with E-state index in [1.54, 1.807) is 37.4 Å². The number of aromatic nitrogens is 3. The molecule has 0 aliphatic carbocycles. The number of pyridine rings is 1. The molecule has 1 aromatic carbocycles. The number of nitrogen functional groups attached to an aromatic ring is 1. The second-order valence-electron chi connectivity index (χ2n) is 7.24. The van der Waals surface area contributed by atoms with Crippen molar-refractivity contribution >= 4 is 17.5 Å². The average molecular weight is 422 g/mol. The number of nitrogens with one attached hydrogen (secondary N) is 2. The van der Waals surface area contributed by atoms with Crippen molar-refractivity contribution < 1.29 is 9.90 Å². The summed E-state index contributed by atoms with van der Waals surface area (Å²) in [5.41, 5.74) is 8.41. The third-order valence-electron chi connectivity index (χ3n) is 4.87. The Bertz CT molecular complexity index is 1140. The Labute approximate surface area is 180 Å². The van der Waals surface area contributed by atoms with Crippen molar-refractivity contribution in [3.8, 4) is 5.75 Å². The van der Waals surface area contributed by atoms with Crippen LogP contribution in [0.3, 0.4) is 0 Å². The van der Waals surface area contributed by atoms with Gasteiger partial charge < -0.3 is 21.5 Å². The van der Waals surface area contributed by atoms with Gasteiger partial charge in [0.15, 0.2) is 5.82 Å². The number of phenols is 1. The monoisotopic (exact) mass is 422 g/mol. The highest BCUT2D eigenvalue weighted by molar-refractivity contribution is 5.75. The fourth-order valence-corrected chi connectivity index (χ4v) is 3.12. The van der Waals surface area contributed by atoms with E-state index < -0.39 is 0 Å². The largest absolute Gasteiger partial charge is 0.508 e. The van der Waals surface area contributed by atoms with Gasteiger partial charge in [0, 0.05) is 30.7 Å². The summed E-state index contributed by atoms with van der Waals surface area (Å²) in [6.45, 7) is 4.20. The summed E-state index contributed by atoms with van der Waals surface area (Å²) in [5.74, 6) is 0.510. The number of hydrogen-bond acceptors (Lipinski definition) is 7. The third kappa shape index (κ3) is 5.81. The summed E-state index contributed by atoms with van der Waals surface area (Å²) >= 11 is 0. The SMILES string of the molecule is Cc1nc(N)ccc1CNC(=O)Cn1c(C)cnc(NCCc2cccc(O)c2)c1=O. The molecule has 0 aliphatic rings. The quantitative estimate of drug-likeness (QED) is 0.432. The maximum absolute atomic E-state index is 12.8. The number of nitrogens with two attached hydrogens (primary N) is 1. The van der Waals surface area contributed by atoms with Crippen LogP contribution in [0.4, 0.5) is 11.6 Å². The van der Waals surface area contributed by atoms with E-state index in [4.69, 9.17) is 5.73 Å². The lowest BCUT2D eigenvalue weighted by Crippen LogP contribution is -2.34. The third-order valence-corrected chi connectivity index (χ3v) is 4.87. The molecule has 0 spiro atoms. The van der Waals surface area contributed by atoms with E-state index in [1.165, 1.54) is 4.57 Å². The Balaban J connectivity index is 1.61. The first kappa shape index (κ1) is 21.8. The van der Waals surface area contributed by atoms with Gasteiger partial charge >= 0.3 is 0 Å². The van der Waals surface area contributed by atoms with Gasteiger partial charge in [0.05, 0.1) is 0 Å². The summed E-state index contributed by atoms with van der Waals surface area (Å²) < 4.78 is 1.38. The highest BCUT2D eigenvalue weighted by Crippen LogP contribution is 2.11. The zero-order valence-corrected chi connectivity index (χ0v) is 17.6. The van der Waals surface area contributed by atoms with Gasteiger partial charge in [0.1, 0.15) is 18.1 Å². The number of nitrogens with zero attached hydrogens (tertiary/aromatic N) is 3. The van der Waals surface area contributed by atoms with Crippen LogP contribution in [0.15, 0.2) is 47.4 Å². The van der Waals surface area contributed by atoms with Gasteiger partial charge in [-0.2, -0.15) is 0 Å². The summed E-state index contributed by atoms with van der Waals surface area (Å²) in [7, 11) is 0. The van der Waals surface area contributed by atoms with Gasteiger partial charge in [-0.05, 0) is 49.6 Å². The minimum Gasteiger partial charge on any atom is -0.508 e. The number of amides is 1. The predicted octanol–water partition coefficient (Wildman–Crippen LogP) is 1.51. The number of benzene rings is 1. The number of aryl methyl sites for hydroxylation is 2. The number of aromatic hydroxyl groups is 1.